The average molecular weight is 370 g/mol. The second kappa shape index (κ2) is 8.08. The summed E-state index contributed by atoms with van der Waals surface area (Å²) in [4.78, 5) is 3.29. The number of H-pyrrole nitrogens is 1. The number of fused-ring (bicyclic) bond motifs is 1. The third kappa shape index (κ3) is 3.74. The molecule has 5 nitrogen and oxygen atoms in total. The molecule has 26 heavy (non-hydrogen) atoms. The Hall–Kier alpha value is -2.76. The summed E-state index contributed by atoms with van der Waals surface area (Å²) in [7, 11) is 1.66. The van der Waals surface area contributed by atoms with Gasteiger partial charge in [0.15, 0.2) is 5.76 Å². The standard InChI is InChI=1S/C20H19N3O2.ClH/c1-24-16-8-6-14(7-9-16)20-10-17(25-23-20)13-21-11-15-12-22-19-5-3-2-4-18(15)19;/h2-10,12,21-22H,11,13H2,1H3;1H. The first kappa shape index (κ1) is 18.0. The highest BCUT2D eigenvalue weighted by molar-refractivity contribution is 5.85. The monoisotopic (exact) mass is 369 g/mol. The Morgan fingerprint density at radius 1 is 1.08 bits per heavy atom. The van der Waals surface area contributed by atoms with Crippen LogP contribution in [0.1, 0.15) is 11.3 Å². The van der Waals surface area contributed by atoms with E-state index in [-0.39, 0.29) is 12.4 Å². The maximum atomic E-state index is 5.43. The molecule has 6 heteroatoms. The predicted molar refractivity (Wildman–Crippen MR) is 105 cm³/mol. The zero-order chi connectivity index (χ0) is 17.1. The maximum Gasteiger partial charge on any atom is 0.151 e. The van der Waals surface area contributed by atoms with Crippen molar-refractivity contribution < 1.29 is 9.26 Å². The Labute approximate surface area is 157 Å². The van der Waals surface area contributed by atoms with Gasteiger partial charge in [0.05, 0.1) is 13.7 Å². The first-order chi connectivity index (χ1) is 12.3. The van der Waals surface area contributed by atoms with Crippen LogP contribution in [0.4, 0.5) is 0 Å². The fraction of sp³-hybridized carbons (Fsp3) is 0.150. The van der Waals surface area contributed by atoms with Crippen molar-refractivity contribution in [3.05, 3.63) is 72.1 Å². The highest BCUT2D eigenvalue weighted by atomic mass is 35.5. The SMILES string of the molecule is COc1ccc(-c2cc(CNCc3c[nH]c4ccccc34)on2)cc1.Cl. The largest absolute Gasteiger partial charge is 0.497 e. The van der Waals surface area contributed by atoms with Crippen LogP contribution in [0.15, 0.2) is 65.3 Å². The van der Waals surface area contributed by atoms with Gasteiger partial charge in [-0.3, -0.25) is 0 Å². The molecular formula is C20H20ClN3O2. The van der Waals surface area contributed by atoms with Crippen LogP contribution in [0.2, 0.25) is 0 Å². The molecule has 0 aliphatic rings. The number of benzene rings is 2. The Balaban J connectivity index is 0.00000196. The lowest BCUT2D eigenvalue weighted by Gasteiger charge is -2.01. The highest BCUT2D eigenvalue weighted by Crippen LogP contribution is 2.22. The van der Waals surface area contributed by atoms with Gasteiger partial charge < -0.3 is 19.6 Å². The van der Waals surface area contributed by atoms with Gasteiger partial charge in [0.25, 0.3) is 0 Å². The Morgan fingerprint density at radius 3 is 2.69 bits per heavy atom. The summed E-state index contributed by atoms with van der Waals surface area (Å²) in [5.41, 5.74) is 4.23. The summed E-state index contributed by atoms with van der Waals surface area (Å²) in [6, 6.07) is 18.0. The number of halogens is 1. The minimum Gasteiger partial charge on any atom is -0.497 e. The first-order valence-corrected chi connectivity index (χ1v) is 8.19. The van der Waals surface area contributed by atoms with Crippen LogP contribution in [0.3, 0.4) is 0 Å². The van der Waals surface area contributed by atoms with Crippen molar-refractivity contribution in [2.45, 2.75) is 13.1 Å². The number of ether oxygens (including phenoxy) is 1. The quantitative estimate of drug-likeness (QED) is 0.523. The molecule has 0 aliphatic carbocycles. The number of rotatable bonds is 6. The summed E-state index contributed by atoms with van der Waals surface area (Å²) < 4.78 is 10.6. The fourth-order valence-corrected chi connectivity index (χ4v) is 2.89. The van der Waals surface area contributed by atoms with Crippen LogP contribution in [0.5, 0.6) is 5.75 Å². The minimum absolute atomic E-state index is 0. The highest BCUT2D eigenvalue weighted by Gasteiger charge is 2.08. The molecule has 2 N–H and O–H groups in total. The van der Waals surface area contributed by atoms with Crippen molar-refractivity contribution in [2.75, 3.05) is 7.11 Å². The molecule has 0 saturated carbocycles. The van der Waals surface area contributed by atoms with Gasteiger partial charge in [-0.05, 0) is 35.9 Å². The molecular weight excluding hydrogens is 350 g/mol. The van der Waals surface area contributed by atoms with E-state index in [1.165, 1.54) is 10.9 Å². The fourth-order valence-electron chi connectivity index (χ4n) is 2.89. The second-order valence-electron chi connectivity index (χ2n) is 5.87. The lowest BCUT2D eigenvalue weighted by molar-refractivity contribution is 0.374. The van der Waals surface area contributed by atoms with Gasteiger partial charge in [0.2, 0.25) is 0 Å². The maximum absolute atomic E-state index is 5.43. The van der Waals surface area contributed by atoms with Gasteiger partial charge in [0.1, 0.15) is 11.4 Å². The molecule has 134 valence electrons. The molecule has 4 aromatic rings. The number of aromatic amines is 1. The van der Waals surface area contributed by atoms with Crippen LogP contribution in [-0.4, -0.2) is 17.3 Å². The zero-order valence-corrected chi connectivity index (χ0v) is 15.2. The van der Waals surface area contributed by atoms with E-state index in [4.69, 9.17) is 9.26 Å². The third-order valence-electron chi connectivity index (χ3n) is 4.23. The molecule has 0 spiro atoms. The molecule has 0 atom stereocenters. The predicted octanol–water partition coefficient (Wildman–Crippen LogP) is 4.54. The number of methoxy groups -OCH3 is 1. The Morgan fingerprint density at radius 2 is 1.88 bits per heavy atom. The van der Waals surface area contributed by atoms with E-state index >= 15 is 0 Å². The number of aromatic nitrogens is 2. The van der Waals surface area contributed by atoms with Gasteiger partial charge in [-0.25, -0.2) is 0 Å². The molecule has 0 amide bonds. The van der Waals surface area contributed by atoms with Crippen molar-refractivity contribution in [1.29, 1.82) is 0 Å². The summed E-state index contributed by atoms with van der Waals surface area (Å²) in [5.74, 6) is 1.64. The van der Waals surface area contributed by atoms with Gasteiger partial charge in [-0.15, -0.1) is 12.4 Å². The van der Waals surface area contributed by atoms with E-state index in [1.807, 2.05) is 42.6 Å². The molecule has 4 rings (SSSR count). The van der Waals surface area contributed by atoms with E-state index in [0.717, 1.165) is 34.8 Å². The van der Waals surface area contributed by atoms with E-state index in [0.29, 0.717) is 6.54 Å². The summed E-state index contributed by atoms with van der Waals surface area (Å²) >= 11 is 0. The zero-order valence-electron chi connectivity index (χ0n) is 14.4. The van der Waals surface area contributed by atoms with E-state index < -0.39 is 0 Å². The normalized spacial score (nSPS) is 10.7. The van der Waals surface area contributed by atoms with Crippen LogP contribution in [0, 0.1) is 0 Å². The van der Waals surface area contributed by atoms with Gasteiger partial charge in [-0.2, -0.15) is 0 Å². The van der Waals surface area contributed by atoms with E-state index in [2.05, 4.69) is 33.7 Å². The number of hydrogen-bond donors (Lipinski definition) is 2. The van der Waals surface area contributed by atoms with Crippen molar-refractivity contribution in [3.8, 4) is 17.0 Å². The van der Waals surface area contributed by atoms with Gasteiger partial charge in [0, 0.05) is 35.3 Å². The molecule has 0 unspecified atom stereocenters. The minimum atomic E-state index is 0. The third-order valence-corrected chi connectivity index (χ3v) is 4.23. The van der Waals surface area contributed by atoms with Crippen molar-refractivity contribution in [2.24, 2.45) is 0 Å². The van der Waals surface area contributed by atoms with Gasteiger partial charge >= 0.3 is 0 Å². The van der Waals surface area contributed by atoms with Crippen LogP contribution in [-0.2, 0) is 13.1 Å². The molecule has 2 aromatic heterocycles. The van der Waals surface area contributed by atoms with Crippen LogP contribution < -0.4 is 10.1 Å². The molecule has 2 aromatic carbocycles. The number of nitrogens with zero attached hydrogens (tertiary/aromatic N) is 1. The Kier molecular flexibility index (Phi) is 5.61. The first-order valence-electron chi connectivity index (χ1n) is 8.19. The van der Waals surface area contributed by atoms with Crippen molar-refractivity contribution >= 4 is 23.3 Å². The summed E-state index contributed by atoms with van der Waals surface area (Å²) in [6.07, 6.45) is 2.04. The van der Waals surface area contributed by atoms with Crippen molar-refractivity contribution in [3.63, 3.8) is 0 Å². The Bertz CT molecular complexity index is 976. The van der Waals surface area contributed by atoms with E-state index in [1.54, 1.807) is 7.11 Å². The molecule has 0 aliphatic heterocycles. The molecule has 2 heterocycles. The molecule has 0 bridgehead atoms. The van der Waals surface area contributed by atoms with Crippen LogP contribution >= 0.6 is 12.4 Å². The number of nitrogens with one attached hydrogen (secondary N) is 2. The van der Waals surface area contributed by atoms with E-state index in [9.17, 15) is 0 Å². The average Bonchev–Trinajstić information content (AvgIpc) is 3.30. The molecule has 0 saturated heterocycles. The molecule has 0 fully saturated rings. The smallest absolute Gasteiger partial charge is 0.151 e. The second-order valence-corrected chi connectivity index (χ2v) is 5.87. The van der Waals surface area contributed by atoms with Gasteiger partial charge in [-0.1, -0.05) is 23.4 Å². The topological polar surface area (TPSA) is 63.1 Å². The summed E-state index contributed by atoms with van der Waals surface area (Å²) in [6.45, 7) is 1.39. The number of para-hydroxylation sites is 1. The molecule has 0 radical (unpaired) electrons. The van der Waals surface area contributed by atoms with Crippen LogP contribution in [0.25, 0.3) is 22.2 Å². The van der Waals surface area contributed by atoms with Crippen molar-refractivity contribution in [1.82, 2.24) is 15.5 Å². The number of hydrogen-bond acceptors (Lipinski definition) is 4. The lowest BCUT2D eigenvalue weighted by atomic mass is 10.1. The lowest BCUT2D eigenvalue weighted by Crippen LogP contribution is -2.11. The summed E-state index contributed by atoms with van der Waals surface area (Å²) in [5, 5.41) is 8.79.